The number of hydrogen-bond donors (Lipinski definition) is 1. The minimum absolute atomic E-state index is 0.0775. The highest BCUT2D eigenvalue weighted by molar-refractivity contribution is 5.99. The summed E-state index contributed by atoms with van der Waals surface area (Å²) in [6.45, 7) is 2.74. The van der Waals surface area contributed by atoms with Crippen LogP contribution in [-0.2, 0) is 18.3 Å². The first-order valence-electron chi connectivity index (χ1n) is 8.60. The first kappa shape index (κ1) is 15.7. The summed E-state index contributed by atoms with van der Waals surface area (Å²) in [5.41, 5.74) is 3.32. The lowest BCUT2D eigenvalue weighted by molar-refractivity contribution is -0.120. The SMILES string of the molecule is CCc1nc2cc(NC3CCCN(c4cnn(C)c4)C3=O)ccc2o1. The van der Waals surface area contributed by atoms with Crippen molar-refractivity contribution in [3.8, 4) is 0 Å². The molecule has 1 amide bonds. The van der Waals surface area contributed by atoms with Crippen molar-refractivity contribution in [3.63, 3.8) is 0 Å². The molecule has 0 saturated carbocycles. The molecule has 2 aromatic heterocycles. The molecule has 1 aromatic carbocycles. The number of anilines is 2. The Morgan fingerprint density at radius 3 is 3.04 bits per heavy atom. The van der Waals surface area contributed by atoms with E-state index in [1.54, 1.807) is 15.8 Å². The van der Waals surface area contributed by atoms with Gasteiger partial charge < -0.3 is 14.6 Å². The normalized spacial score (nSPS) is 18.1. The van der Waals surface area contributed by atoms with Gasteiger partial charge in [-0.15, -0.1) is 0 Å². The molecule has 3 heterocycles. The number of aryl methyl sites for hydroxylation is 2. The minimum atomic E-state index is -0.246. The summed E-state index contributed by atoms with van der Waals surface area (Å²) in [7, 11) is 1.85. The molecule has 130 valence electrons. The Morgan fingerprint density at radius 1 is 1.40 bits per heavy atom. The highest BCUT2D eigenvalue weighted by Gasteiger charge is 2.30. The van der Waals surface area contributed by atoms with Gasteiger partial charge in [-0.3, -0.25) is 9.48 Å². The minimum Gasteiger partial charge on any atom is -0.441 e. The number of nitrogens with zero attached hydrogens (tertiary/aromatic N) is 4. The zero-order valence-corrected chi connectivity index (χ0v) is 14.4. The first-order valence-corrected chi connectivity index (χ1v) is 8.60. The number of amides is 1. The number of carbonyl (C=O) groups is 1. The van der Waals surface area contributed by atoms with Crippen LogP contribution in [0.5, 0.6) is 0 Å². The molecule has 4 rings (SSSR count). The maximum absolute atomic E-state index is 12.8. The largest absolute Gasteiger partial charge is 0.441 e. The molecule has 0 radical (unpaired) electrons. The van der Waals surface area contributed by atoms with Crippen LogP contribution in [0.2, 0.25) is 0 Å². The zero-order valence-electron chi connectivity index (χ0n) is 14.4. The Morgan fingerprint density at radius 2 is 2.28 bits per heavy atom. The topological polar surface area (TPSA) is 76.2 Å². The zero-order chi connectivity index (χ0) is 17.4. The van der Waals surface area contributed by atoms with E-state index in [1.165, 1.54) is 0 Å². The summed E-state index contributed by atoms with van der Waals surface area (Å²) in [5, 5.41) is 7.52. The van der Waals surface area contributed by atoms with Crippen LogP contribution in [0, 0.1) is 0 Å². The third kappa shape index (κ3) is 2.97. The van der Waals surface area contributed by atoms with Gasteiger partial charge in [0.05, 0.1) is 11.9 Å². The van der Waals surface area contributed by atoms with Crippen LogP contribution in [0.3, 0.4) is 0 Å². The lowest BCUT2D eigenvalue weighted by Crippen LogP contribution is -2.47. The van der Waals surface area contributed by atoms with Gasteiger partial charge in [-0.25, -0.2) is 4.98 Å². The number of fused-ring (bicyclic) bond motifs is 1. The average Bonchev–Trinajstić information content (AvgIpc) is 3.22. The molecular weight excluding hydrogens is 318 g/mol. The molecule has 0 spiro atoms. The number of hydrogen-bond acceptors (Lipinski definition) is 5. The summed E-state index contributed by atoms with van der Waals surface area (Å²) < 4.78 is 7.35. The predicted molar refractivity (Wildman–Crippen MR) is 95.6 cm³/mol. The molecule has 1 aliphatic heterocycles. The van der Waals surface area contributed by atoms with Gasteiger partial charge in [0.1, 0.15) is 11.6 Å². The van der Waals surface area contributed by atoms with Crippen LogP contribution in [0.4, 0.5) is 11.4 Å². The van der Waals surface area contributed by atoms with Crippen LogP contribution in [0.1, 0.15) is 25.7 Å². The van der Waals surface area contributed by atoms with Gasteiger partial charge in [-0.1, -0.05) is 6.92 Å². The van der Waals surface area contributed by atoms with E-state index >= 15 is 0 Å². The van der Waals surface area contributed by atoms with Crippen molar-refractivity contribution in [1.29, 1.82) is 0 Å². The smallest absolute Gasteiger partial charge is 0.249 e. The van der Waals surface area contributed by atoms with E-state index in [0.29, 0.717) is 0 Å². The fourth-order valence-electron chi connectivity index (χ4n) is 3.23. The third-order valence-corrected chi connectivity index (χ3v) is 4.52. The number of rotatable bonds is 4. The summed E-state index contributed by atoms with van der Waals surface area (Å²) in [4.78, 5) is 19.1. The van der Waals surface area contributed by atoms with Gasteiger partial charge in [0.15, 0.2) is 11.5 Å². The second kappa shape index (κ2) is 6.23. The van der Waals surface area contributed by atoms with Gasteiger partial charge in [-0.2, -0.15) is 5.10 Å². The number of oxazole rings is 1. The molecule has 1 fully saturated rings. The Hall–Kier alpha value is -2.83. The number of benzene rings is 1. The van der Waals surface area contributed by atoms with Crippen molar-refractivity contribution in [2.24, 2.45) is 7.05 Å². The van der Waals surface area contributed by atoms with E-state index in [0.717, 1.165) is 54.2 Å². The molecule has 0 aliphatic carbocycles. The van der Waals surface area contributed by atoms with Crippen molar-refractivity contribution in [2.75, 3.05) is 16.8 Å². The number of piperidine rings is 1. The average molecular weight is 339 g/mol. The van der Waals surface area contributed by atoms with E-state index < -0.39 is 0 Å². The number of aromatic nitrogens is 3. The van der Waals surface area contributed by atoms with E-state index in [-0.39, 0.29) is 11.9 Å². The van der Waals surface area contributed by atoms with E-state index in [2.05, 4.69) is 15.4 Å². The molecule has 1 saturated heterocycles. The second-order valence-electron chi connectivity index (χ2n) is 6.34. The summed E-state index contributed by atoms with van der Waals surface area (Å²) in [6, 6.07) is 5.53. The molecular formula is C18H21N5O2. The summed E-state index contributed by atoms with van der Waals surface area (Å²) >= 11 is 0. The van der Waals surface area contributed by atoms with E-state index in [9.17, 15) is 4.79 Å². The first-order chi connectivity index (χ1) is 12.1. The van der Waals surface area contributed by atoms with Crippen molar-refractivity contribution in [3.05, 3.63) is 36.5 Å². The molecule has 3 aromatic rings. The fraction of sp³-hybridized carbons (Fsp3) is 0.389. The van der Waals surface area contributed by atoms with Gasteiger partial charge in [-0.05, 0) is 31.0 Å². The second-order valence-corrected chi connectivity index (χ2v) is 6.34. The highest BCUT2D eigenvalue weighted by Crippen LogP contribution is 2.25. The number of carbonyl (C=O) groups excluding carboxylic acids is 1. The molecule has 1 N–H and O–H groups in total. The van der Waals surface area contributed by atoms with Gasteiger partial charge in [0.25, 0.3) is 0 Å². The van der Waals surface area contributed by atoms with Gasteiger partial charge >= 0.3 is 0 Å². The standard InChI is InChI=1S/C18H21N5O2/c1-3-17-21-15-9-12(6-7-16(15)25-17)20-14-5-4-8-23(18(14)24)13-10-19-22(2)11-13/h6-7,9-11,14,20H,3-5,8H2,1-2H3. The lowest BCUT2D eigenvalue weighted by atomic mass is 10.0. The maximum atomic E-state index is 12.8. The molecule has 1 atom stereocenters. The molecule has 7 nitrogen and oxygen atoms in total. The highest BCUT2D eigenvalue weighted by atomic mass is 16.3. The fourth-order valence-corrected chi connectivity index (χ4v) is 3.23. The van der Waals surface area contributed by atoms with Crippen LogP contribution in [0.15, 0.2) is 35.0 Å². The van der Waals surface area contributed by atoms with Crippen LogP contribution in [0.25, 0.3) is 11.1 Å². The predicted octanol–water partition coefficient (Wildman–Crippen LogP) is 2.73. The molecule has 1 unspecified atom stereocenters. The van der Waals surface area contributed by atoms with Crippen LogP contribution < -0.4 is 10.2 Å². The van der Waals surface area contributed by atoms with Crippen molar-refractivity contribution < 1.29 is 9.21 Å². The number of nitrogens with one attached hydrogen (secondary N) is 1. The Labute approximate surface area is 145 Å². The Bertz CT molecular complexity index is 913. The van der Waals surface area contributed by atoms with E-state index in [1.807, 2.05) is 38.4 Å². The quantitative estimate of drug-likeness (QED) is 0.791. The Balaban J connectivity index is 1.54. The third-order valence-electron chi connectivity index (χ3n) is 4.52. The van der Waals surface area contributed by atoms with Gasteiger partial charge in [0, 0.05) is 31.9 Å². The van der Waals surface area contributed by atoms with Gasteiger partial charge in [0.2, 0.25) is 5.91 Å². The summed E-state index contributed by atoms with van der Waals surface area (Å²) in [5.74, 6) is 0.803. The monoisotopic (exact) mass is 339 g/mol. The van der Waals surface area contributed by atoms with Crippen molar-refractivity contribution in [1.82, 2.24) is 14.8 Å². The van der Waals surface area contributed by atoms with Crippen molar-refractivity contribution >= 4 is 28.4 Å². The Kier molecular flexibility index (Phi) is 3.91. The van der Waals surface area contributed by atoms with Crippen LogP contribution >= 0.6 is 0 Å². The molecule has 1 aliphatic rings. The molecule has 25 heavy (non-hydrogen) atoms. The molecule has 0 bridgehead atoms. The maximum Gasteiger partial charge on any atom is 0.249 e. The summed E-state index contributed by atoms with van der Waals surface area (Å²) in [6.07, 6.45) is 6.12. The lowest BCUT2D eigenvalue weighted by Gasteiger charge is -2.32. The van der Waals surface area contributed by atoms with Crippen molar-refractivity contribution in [2.45, 2.75) is 32.2 Å². The van der Waals surface area contributed by atoms with Crippen LogP contribution in [-0.4, -0.2) is 33.3 Å². The van der Waals surface area contributed by atoms with E-state index in [4.69, 9.17) is 4.42 Å². The molecule has 7 heteroatoms.